The summed E-state index contributed by atoms with van der Waals surface area (Å²) in [5.41, 5.74) is 3.38. The van der Waals surface area contributed by atoms with Crippen molar-refractivity contribution in [1.82, 2.24) is 20.2 Å². The van der Waals surface area contributed by atoms with Gasteiger partial charge < -0.3 is 10.6 Å². The van der Waals surface area contributed by atoms with Crippen molar-refractivity contribution < 1.29 is 9.18 Å². The van der Waals surface area contributed by atoms with Gasteiger partial charge in [0.1, 0.15) is 18.3 Å². The molecule has 162 valence electrons. The van der Waals surface area contributed by atoms with Crippen molar-refractivity contribution in [2.24, 2.45) is 0 Å². The molecule has 6 nitrogen and oxygen atoms in total. The van der Waals surface area contributed by atoms with Crippen LogP contribution in [-0.4, -0.2) is 53.1 Å². The normalized spacial score (nSPS) is 15.8. The van der Waals surface area contributed by atoms with Crippen LogP contribution in [0.4, 0.5) is 10.2 Å². The Hall–Kier alpha value is -2.54. The summed E-state index contributed by atoms with van der Waals surface area (Å²) in [6, 6.07) is 10.5. The molecule has 0 saturated heterocycles. The summed E-state index contributed by atoms with van der Waals surface area (Å²) in [6.45, 7) is 4.85. The van der Waals surface area contributed by atoms with E-state index in [2.05, 4.69) is 50.6 Å². The van der Waals surface area contributed by atoms with E-state index >= 15 is 0 Å². The van der Waals surface area contributed by atoms with Gasteiger partial charge in [-0.1, -0.05) is 37.6 Å². The van der Waals surface area contributed by atoms with E-state index in [9.17, 15) is 9.18 Å². The molecule has 0 aliphatic carbocycles. The first-order chi connectivity index (χ1) is 14.7. The van der Waals surface area contributed by atoms with E-state index in [1.54, 1.807) is 0 Å². The molecule has 1 aromatic heterocycles. The standard InChI is InChI=1S/C23H32FN5O/c1-2-5-21(8-10-25-17-30)28-23-13-22(26-16-27-23)12-20(24)15-29-11-9-18-6-3-4-7-19(18)14-29/h3-4,6-7,13,16-17,20-21H,2,5,8-12,14-15H2,1H3,(H,25,30)(H,26,27,28). The molecule has 2 atom stereocenters. The van der Waals surface area contributed by atoms with Crippen LogP contribution in [0.5, 0.6) is 0 Å². The van der Waals surface area contributed by atoms with Crippen LogP contribution in [0.3, 0.4) is 0 Å². The molecule has 0 bridgehead atoms. The van der Waals surface area contributed by atoms with E-state index in [0.717, 1.165) is 38.8 Å². The monoisotopic (exact) mass is 413 g/mol. The minimum Gasteiger partial charge on any atom is -0.367 e. The molecule has 7 heteroatoms. The van der Waals surface area contributed by atoms with E-state index in [0.29, 0.717) is 31.0 Å². The second kappa shape index (κ2) is 11.6. The summed E-state index contributed by atoms with van der Waals surface area (Å²) < 4.78 is 14.8. The number of amides is 1. The Balaban J connectivity index is 1.52. The average molecular weight is 414 g/mol. The Labute approximate surface area is 178 Å². The van der Waals surface area contributed by atoms with Crippen molar-refractivity contribution in [2.75, 3.05) is 25.0 Å². The molecular weight excluding hydrogens is 381 g/mol. The predicted octanol–water partition coefficient (Wildman–Crippen LogP) is 3.13. The molecule has 0 radical (unpaired) electrons. The SMILES string of the molecule is CCCC(CCNC=O)Nc1cc(CC(F)CN2CCc3ccccc3C2)ncn1. The molecule has 0 spiro atoms. The second-order valence-corrected chi connectivity index (χ2v) is 7.94. The Morgan fingerprint density at radius 2 is 2.07 bits per heavy atom. The third kappa shape index (κ3) is 6.76. The van der Waals surface area contributed by atoms with Gasteiger partial charge >= 0.3 is 0 Å². The van der Waals surface area contributed by atoms with Crippen molar-refractivity contribution in [3.63, 3.8) is 0 Å². The molecule has 0 saturated carbocycles. The van der Waals surface area contributed by atoms with Crippen LogP contribution in [-0.2, 0) is 24.2 Å². The number of aromatic nitrogens is 2. The molecule has 1 aliphatic heterocycles. The van der Waals surface area contributed by atoms with E-state index in [4.69, 9.17) is 0 Å². The lowest BCUT2D eigenvalue weighted by Crippen LogP contribution is -2.36. The fourth-order valence-electron chi connectivity index (χ4n) is 4.03. The van der Waals surface area contributed by atoms with Gasteiger partial charge in [0, 0.05) is 50.4 Å². The van der Waals surface area contributed by atoms with Gasteiger partial charge in [0.15, 0.2) is 0 Å². The zero-order chi connectivity index (χ0) is 21.2. The number of halogens is 1. The van der Waals surface area contributed by atoms with Gasteiger partial charge in [-0.25, -0.2) is 14.4 Å². The van der Waals surface area contributed by atoms with Crippen molar-refractivity contribution in [3.8, 4) is 0 Å². The topological polar surface area (TPSA) is 70.2 Å². The highest BCUT2D eigenvalue weighted by Crippen LogP contribution is 2.20. The summed E-state index contributed by atoms with van der Waals surface area (Å²) in [4.78, 5) is 21.2. The number of anilines is 1. The highest BCUT2D eigenvalue weighted by Gasteiger charge is 2.20. The molecule has 0 fully saturated rings. The quantitative estimate of drug-likeness (QED) is 0.413. The summed E-state index contributed by atoms with van der Waals surface area (Å²) >= 11 is 0. The minimum atomic E-state index is -0.971. The van der Waals surface area contributed by atoms with Crippen LogP contribution in [0.1, 0.15) is 43.0 Å². The van der Waals surface area contributed by atoms with Gasteiger partial charge in [-0.05, 0) is 30.4 Å². The highest BCUT2D eigenvalue weighted by molar-refractivity contribution is 5.45. The maximum Gasteiger partial charge on any atom is 0.207 e. The van der Waals surface area contributed by atoms with E-state index < -0.39 is 6.17 Å². The third-order valence-corrected chi connectivity index (χ3v) is 5.53. The second-order valence-electron chi connectivity index (χ2n) is 7.94. The first kappa shape index (κ1) is 22.2. The van der Waals surface area contributed by atoms with Crippen molar-refractivity contribution in [3.05, 3.63) is 53.5 Å². The number of carbonyl (C=O) groups is 1. The fraction of sp³-hybridized carbons (Fsp3) is 0.522. The van der Waals surface area contributed by atoms with Crippen LogP contribution in [0, 0.1) is 0 Å². The number of benzene rings is 1. The van der Waals surface area contributed by atoms with Crippen molar-refractivity contribution in [2.45, 2.75) is 57.8 Å². The summed E-state index contributed by atoms with van der Waals surface area (Å²) in [5, 5.41) is 6.10. The number of carbonyl (C=O) groups excluding carboxylic acids is 1. The number of alkyl halides is 1. The summed E-state index contributed by atoms with van der Waals surface area (Å²) in [5.74, 6) is 0.712. The van der Waals surface area contributed by atoms with Crippen LogP contribution in [0.25, 0.3) is 0 Å². The zero-order valence-electron chi connectivity index (χ0n) is 17.7. The van der Waals surface area contributed by atoms with Crippen LogP contribution < -0.4 is 10.6 Å². The van der Waals surface area contributed by atoms with Gasteiger partial charge in [0.25, 0.3) is 0 Å². The fourth-order valence-corrected chi connectivity index (χ4v) is 4.03. The van der Waals surface area contributed by atoms with Crippen LogP contribution in [0.15, 0.2) is 36.7 Å². The maximum atomic E-state index is 14.8. The Bertz CT molecular complexity index is 803. The van der Waals surface area contributed by atoms with Crippen LogP contribution in [0.2, 0.25) is 0 Å². The molecule has 2 heterocycles. The summed E-state index contributed by atoms with van der Waals surface area (Å²) in [7, 11) is 0. The minimum absolute atomic E-state index is 0.208. The molecule has 2 N–H and O–H groups in total. The number of hydrogen-bond donors (Lipinski definition) is 2. The lowest BCUT2D eigenvalue weighted by atomic mass is 9.99. The van der Waals surface area contributed by atoms with Crippen molar-refractivity contribution >= 4 is 12.2 Å². The average Bonchev–Trinajstić information content (AvgIpc) is 2.74. The first-order valence-electron chi connectivity index (χ1n) is 10.9. The molecule has 3 rings (SSSR count). The molecular formula is C23H32FN5O. The largest absolute Gasteiger partial charge is 0.367 e. The van der Waals surface area contributed by atoms with E-state index in [1.807, 2.05) is 12.1 Å². The van der Waals surface area contributed by atoms with Gasteiger partial charge in [0.2, 0.25) is 6.41 Å². The van der Waals surface area contributed by atoms with Gasteiger partial charge in [0.05, 0.1) is 0 Å². The number of hydrogen-bond acceptors (Lipinski definition) is 5. The number of nitrogens with zero attached hydrogens (tertiary/aromatic N) is 3. The Morgan fingerprint density at radius 1 is 1.23 bits per heavy atom. The Kier molecular flexibility index (Phi) is 8.56. The number of rotatable bonds is 12. The highest BCUT2D eigenvalue weighted by atomic mass is 19.1. The summed E-state index contributed by atoms with van der Waals surface area (Å²) in [6.07, 6.45) is 5.31. The molecule has 2 aromatic rings. The lowest BCUT2D eigenvalue weighted by molar-refractivity contribution is -0.109. The molecule has 1 amide bonds. The number of nitrogens with one attached hydrogen (secondary N) is 2. The maximum absolute atomic E-state index is 14.8. The van der Waals surface area contributed by atoms with Crippen LogP contribution >= 0.6 is 0 Å². The third-order valence-electron chi connectivity index (χ3n) is 5.53. The first-order valence-corrected chi connectivity index (χ1v) is 10.9. The zero-order valence-corrected chi connectivity index (χ0v) is 17.7. The smallest absolute Gasteiger partial charge is 0.207 e. The van der Waals surface area contributed by atoms with Gasteiger partial charge in [-0.15, -0.1) is 0 Å². The predicted molar refractivity (Wildman–Crippen MR) is 117 cm³/mol. The lowest BCUT2D eigenvalue weighted by Gasteiger charge is -2.29. The van der Waals surface area contributed by atoms with E-state index in [1.165, 1.54) is 17.5 Å². The van der Waals surface area contributed by atoms with E-state index in [-0.39, 0.29) is 12.5 Å². The molecule has 30 heavy (non-hydrogen) atoms. The molecule has 1 aromatic carbocycles. The van der Waals surface area contributed by atoms with Crippen molar-refractivity contribution in [1.29, 1.82) is 0 Å². The van der Waals surface area contributed by atoms with Gasteiger partial charge in [-0.2, -0.15) is 0 Å². The van der Waals surface area contributed by atoms with Gasteiger partial charge in [-0.3, -0.25) is 9.69 Å². The molecule has 1 aliphatic rings. The number of fused-ring (bicyclic) bond motifs is 1. The Morgan fingerprint density at radius 3 is 2.87 bits per heavy atom. The molecule has 2 unspecified atom stereocenters.